The summed E-state index contributed by atoms with van der Waals surface area (Å²) in [5.41, 5.74) is 3.47. The zero-order valence-corrected chi connectivity index (χ0v) is 20.6. The van der Waals surface area contributed by atoms with Crippen LogP contribution >= 0.6 is 23.1 Å². The third-order valence-electron chi connectivity index (χ3n) is 4.85. The predicted octanol–water partition coefficient (Wildman–Crippen LogP) is 4.21. The highest BCUT2D eigenvalue weighted by Crippen LogP contribution is 2.33. The van der Waals surface area contributed by atoms with Gasteiger partial charge in [0.15, 0.2) is 11.0 Å². The number of nitrogens with zero attached hydrogens (tertiary/aromatic N) is 3. The third kappa shape index (κ3) is 5.49. The number of amides is 1. The average molecular weight is 475 g/mol. The quantitative estimate of drug-likeness (QED) is 0.386. The second-order valence-corrected chi connectivity index (χ2v) is 9.55. The van der Waals surface area contributed by atoms with E-state index in [1.165, 1.54) is 30.2 Å². The van der Waals surface area contributed by atoms with E-state index in [1.54, 1.807) is 4.57 Å². The third-order valence-corrected chi connectivity index (χ3v) is 6.99. The number of aromatic nitrogens is 3. The molecule has 32 heavy (non-hydrogen) atoms. The van der Waals surface area contributed by atoms with Gasteiger partial charge in [0, 0.05) is 11.9 Å². The summed E-state index contributed by atoms with van der Waals surface area (Å²) in [4.78, 5) is 25.5. The minimum absolute atomic E-state index is 0.126. The van der Waals surface area contributed by atoms with Crippen molar-refractivity contribution in [3.63, 3.8) is 0 Å². The summed E-state index contributed by atoms with van der Waals surface area (Å²) in [7, 11) is 3.16. The van der Waals surface area contributed by atoms with Crippen LogP contribution in [0.3, 0.4) is 0 Å². The number of methoxy groups -OCH3 is 1. The van der Waals surface area contributed by atoms with E-state index in [1.807, 2.05) is 46.9 Å². The highest BCUT2D eigenvalue weighted by molar-refractivity contribution is 7.99. The number of esters is 1. The van der Waals surface area contributed by atoms with Crippen molar-refractivity contribution in [3.05, 3.63) is 51.2 Å². The second-order valence-electron chi connectivity index (χ2n) is 7.39. The molecular formula is C22H26N4O4S2. The first-order valence-corrected chi connectivity index (χ1v) is 11.7. The monoisotopic (exact) mass is 474 g/mol. The highest BCUT2D eigenvalue weighted by atomic mass is 32.2. The first-order valence-electron chi connectivity index (χ1n) is 9.90. The maximum absolute atomic E-state index is 12.5. The van der Waals surface area contributed by atoms with Crippen molar-refractivity contribution in [3.8, 4) is 5.75 Å². The average Bonchev–Trinajstić information content (AvgIpc) is 3.22. The molecule has 2 heterocycles. The summed E-state index contributed by atoms with van der Waals surface area (Å²) in [5.74, 6) is 0.862. The molecule has 0 saturated carbocycles. The molecule has 0 aliphatic carbocycles. The van der Waals surface area contributed by atoms with Gasteiger partial charge in [0.25, 0.3) is 0 Å². The fourth-order valence-corrected chi connectivity index (χ4v) is 4.91. The molecule has 3 aromatic rings. The number of ether oxygens (including phenoxy) is 2. The number of carbonyl (C=O) groups is 2. The van der Waals surface area contributed by atoms with Crippen molar-refractivity contribution in [2.45, 2.75) is 39.5 Å². The highest BCUT2D eigenvalue weighted by Gasteiger charge is 2.22. The van der Waals surface area contributed by atoms with Crippen molar-refractivity contribution in [1.29, 1.82) is 0 Å². The molecule has 0 saturated heterocycles. The summed E-state index contributed by atoms with van der Waals surface area (Å²) in [6.07, 6.45) is 0. The van der Waals surface area contributed by atoms with Crippen LogP contribution in [0.2, 0.25) is 0 Å². The van der Waals surface area contributed by atoms with Gasteiger partial charge in [-0.25, -0.2) is 4.79 Å². The number of aryl methyl sites for hydroxylation is 3. The van der Waals surface area contributed by atoms with Gasteiger partial charge in [-0.05, 0) is 56.5 Å². The predicted molar refractivity (Wildman–Crippen MR) is 126 cm³/mol. The van der Waals surface area contributed by atoms with Crippen molar-refractivity contribution < 1.29 is 19.1 Å². The van der Waals surface area contributed by atoms with Gasteiger partial charge in [0.05, 0.1) is 18.4 Å². The summed E-state index contributed by atoms with van der Waals surface area (Å²) >= 11 is 2.62. The first-order chi connectivity index (χ1) is 15.2. The Hall–Kier alpha value is -2.85. The number of rotatable bonds is 8. The number of anilines is 1. The van der Waals surface area contributed by atoms with Gasteiger partial charge >= 0.3 is 5.97 Å². The van der Waals surface area contributed by atoms with Gasteiger partial charge in [-0.1, -0.05) is 17.8 Å². The number of nitrogens with one attached hydrogen (secondary N) is 1. The summed E-state index contributed by atoms with van der Waals surface area (Å²) < 4.78 is 12.5. The molecule has 2 aromatic heterocycles. The lowest BCUT2D eigenvalue weighted by molar-refractivity contribution is -0.113. The van der Waals surface area contributed by atoms with Gasteiger partial charge in [-0.3, -0.25) is 4.79 Å². The standard InChI is InChI=1S/C22H26N4O4S2/c1-12-7-13(2)9-16(8-12)30-10-17-24-25-22(26(17)5)31-11-18(27)23-20-19(21(28)29-6)14(3)15(4)32-20/h7-9H,10-11H2,1-6H3,(H,23,27). The number of hydrogen-bond donors (Lipinski definition) is 1. The summed E-state index contributed by atoms with van der Waals surface area (Å²) in [5, 5.41) is 12.3. The minimum atomic E-state index is -0.462. The van der Waals surface area contributed by atoms with Crippen LogP contribution in [-0.4, -0.2) is 39.5 Å². The SMILES string of the molecule is COC(=O)c1c(NC(=O)CSc2nnc(COc3cc(C)cc(C)c3)n2C)sc(C)c1C. The Morgan fingerprint density at radius 1 is 1.12 bits per heavy atom. The van der Waals surface area contributed by atoms with Crippen LogP contribution in [-0.2, 0) is 23.2 Å². The van der Waals surface area contributed by atoms with Crippen LogP contribution in [0, 0.1) is 27.7 Å². The fraction of sp³-hybridized carbons (Fsp3) is 0.364. The first kappa shape index (κ1) is 23.8. The van der Waals surface area contributed by atoms with Crippen molar-refractivity contribution in [2.24, 2.45) is 7.05 Å². The van der Waals surface area contributed by atoms with E-state index >= 15 is 0 Å². The molecule has 0 atom stereocenters. The van der Waals surface area contributed by atoms with Crippen LogP contribution in [0.15, 0.2) is 23.4 Å². The fourth-order valence-electron chi connectivity index (χ4n) is 3.12. The molecule has 0 bridgehead atoms. The van der Waals surface area contributed by atoms with E-state index in [2.05, 4.69) is 21.6 Å². The maximum Gasteiger partial charge on any atom is 0.341 e. The largest absolute Gasteiger partial charge is 0.486 e. The number of carbonyl (C=O) groups excluding carboxylic acids is 2. The van der Waals surface area contributed by atoms with Crippen LogP contribution < -0.4 is 10.1 Å². The molecule has 1 amide bonds. The van der Waals surface area contributed by atoms with Gasteiger partial charge in [-0.15, -0.1) is 21.5 Å². The Kier molecular flexibility index (Phi) is 7.57. The second kappa shape index (κ2) is 10.2. The zero-order chi connectivity index (χ0) is 23.4. The summed E-state index contributed by atoms with van der Waals surface area (Å²) in [6, 6.07) is 6.03. The van der Waals surface area contributed by atoms with E-state index in [0.29, 0.717) is 21.5 Å². The number of thiophene rings is 1. The molecule has 0 radical (unpaired) electrons. The van der Waals surface area contributed by atoms with Crippen molar-refractivity contribution in [1.82, 2.24) is 14.8 Å². The minimum Gasteiger partial charge on any atom is -0.486 e. The molecule has 8 nitrogen and oxygen atoms in total. The molecule has 0 unspecified atom stereocenters. The van der Waals surface area contributed by atoms with E-state index in [9.17, 15) is 9.59 Å². The molecule has 0 spiro atoms. The molecule has 0 aliphatic heterocycles. The topological polar surface area (TPSA) is 95.3 Å². The van der Waals surface area contributed by atoms with E-state index in [0.717, 1.165) is 27.3 Å². The lowest BCUT2D eigenvalue weighted by Gasteiger charge is -2.08. The lowest BCUT2D eigenvalue weighted by atomic mass is 10.1. The molecule has 1 N–H and O–H groups in total. The molecular weight excluding hydrogens is 448 g/mol. The Balaban J connectivity index is 1.60. The Morgan fingerprint density at radius 2 is 1.81 bits per heavy atom. The van der Waals surface area contributed by atoms with E-state index in [-0.39, 0.29) is 18.3 Å². The Bertz CT molecular complexity index is 1130. The maximum atomic E-state index is 12.5. The van der Waals surface area contributed by atoms with Crippen LogP contribution in [0.4, 0.5) is 5.00 Å². The molecule has 170 valence electrons. The zero-order valence-electron chi connectivity index (χ0n) is 18.9. The van der Waals surface area contributed by atoms with Gasteiger partial charge in [0.1, 0.15) is 17.4 Å². The Morgan fingerprint density at radius 3 is 2.47 bits per heavy atom. The van der Waals surface area contributed by atoms with Gasteiger partial charge in [-0.2, -0.15) is 0 Å². The molecule has 0 fully saturated rings. The van der Waals surface area contributed by atoms with Crippen LogP contribution in [0.1, 0.15) is 37.7 Å². The Labute approximate surface area is 195 Å². The lowest BCUT2D eigenvalue weighted by Crippen LogP contribution is -2.16. The number of hydrogen-bond acceptors (Lipinski definition) is 8. The molecule has 0 aliphatic rings. The smallest absolute Gasteiger partial charge is 0.341 e. The van der Waals surface area contributed by atoms with Gasteiger partial charge in [0.2, 0.25) is 5.91 Å². The van der Waals surface area contributed by atoms with Gasteiger partial charge < -0.3 is 19.4 Å². The summed E-state index contributed by atoms with van der Waals surface area (Å²) in [6.45, 7) is 8.06. The van der Waals surface area contributed by atoms with E-state index in [4.69, 9.17) is 9.47 Å². The number of thioether (sulfide) groups is 1. The van der Waals surface area contributed by atoms with E-state index < -0.39 is 5.97 Å². The molecule has 1 aromatic carbocycles. The van der Waals surface area contributed by atoms with Crippen molar-refractivity contribution in [2.75, 3.05) is 18.2 Å². The molecule has 3 rings (SSSR count). The molecule has 10 heteroatoms. The normalized spacial score (nSPS) is 10.8. The number of benzene rings is 1. The van der Waals surface area contributed by atoms with Crippen LogP contribution in [0.25, 0.3) is 0 Å². The van der Waals surface area contributed by atoms with Crippen LogP contribution in [0.5, 0.6) is 5.75 Å². The van der Waals surface area contributed by atoms with Crippen molar-refractivity contribution >= 4 is 40.0 Å².